The average molecular weight is 222 g/mol. The highest BCUT2D eigenvalue weighted by Crippen LogP contribution is 2.26. The third-order valence-electron chi connectivity index (χ3n) is 2.27. The van der Waals surface area contributed by atoms with Gasteiger partial charge in [-0.25, -0.2) is 0 Å². The molecule has 0 aromatic heterocycles. The van der Waals surface area contributed by atoms with Crippen LogP contribution in [0.25, 0.3) is 5.70 Å². The number of phenolic OH excluding ortho intramolecular Hbond substituents is 2. The normalized spacial score (nSPS) is 10.1. The predicted molar refractivity (Wildman–Crippen MR) is 65.4 cm³/mol. The molecule has 0 amide bonds. The Kier molecular flexibility index (Phi) is 4.66. The summed E-state index contributed by atoms with van der Waals surface area (Å²) in [5, 5.41) is 24.7. The van der Waals surface area contributed by atoms with Gasteiger partial charge < -0.3 is 20.8 Å². The topological polar surface area (TPSA) is 64.5 Å². The quantitative estimate of drug-likeness (QED) is 0.432. The van der Waals surface area contributed by atoms with E-state index in [9.17, 15) is 5.11 Å². The number of phenols is 2. The maximum atomic E-state index is 9.33. The predicted octanol–water partition coefficient (Wildman–Crippen LogP) is 1.27. The first-order valence-electron chi connectivity index (χ1n) is 5.25. The van der Waals surface area contributed by atoms with Gasteiger partial charge in [0.1, 0.15) is 0 Å². The second-order valence-corrected chi connectivity index (χ2v) is 3.57. The molecule has 0 heterocycles. The zero-order valence-corrected chi connectivity index (χ0v) is 9.45. The summed E-state index contributed by atoms with van der Waals surface area (Å²) >= 11 is 0. The van der Waals surface area contributed by atoms with E-state index in [2.05, 4.69) is 17.2 Å². The Balaban J connectivity index is 2.50. The molecule has 0 aliphatic carbocycles. The molecule has 88 valence electrons. The van der Waals surface area contributed by atoms with Crippen LogP contribution < -0.4 is 10.6 Å². The van der Waals surface area contributed by atoms with Crippen molar-refractivity contribution in [2.45, 2.75) is 6.42 Å². The molecule has 0 unspecified atom stereocenters. The number of hydrogen-bond donors (Lipinski definition) is 4. The van der Waals surface area contributed by atoms with Gasteiger partial charge in [-0.05, 0) is 38.2 Å². The molecule has 16 heavy (non-hydrogen) atoms. The van der Waals surface area contributed by atoms with Crippen LogP contribution in [0.1, 0.15) is 12.0 Å². The van der Waals surface area contributed by atoms with Gasteiger partial charge in [0.15, 0.2) is 11.5 Å². The van der Waals surface area contributed by atoms with E-state index in [1.807, 2.05) is 7.05 Å². The number of hydrogen-bond acceptors (Lipinski definition) is 4. The van der Waals surface area contributed by atoms with E-state index in [1.54, 1.807) is 6.07 Å². The van der Waals surface area contributed by atoms with Crippen molar-refractivity contribution in [3.05, 3.63) is 30.3 Å². The molecule has 0 aliphatic rings. The Bertz CT molecular complexity index is 364. The molecule has 4 N–H and O–H groups in total. The van der Waals surface area contributed by atoms with Crippen LogP contribution in [0.15, 0.2) is 24.8 Å². The highest BCUT2D eigenvalue weighted by atomic mass is 16.3. The van der Waals surface area contributed by atoms with Crippen molar-refractivity contribution in [1.29, 1.82) is 0 Å². The van der Waals surface area contributed by atoms with Crippen molar-refractivity contribution < 1.29 is 10.2 Å². The minimum atomic E-state index is -0.129. The third-order valence-corrected chi connectivity index (χ3v) is 2.27. The summed E-state index contributed by atoms with van der Waals surface area (Å²) in [5.41, 5.74) is 1.52. The van der Waals surface area contributed by atoms with Crippen LogP contribution in [0.2, 0.25) is 0 Å². The molecule has 1 rings (SSSR count). The number of rotatable bonds is 6. The SMILES string of the molecule is C=C(NCCCNC)c1ccc(O)c(O)c1. The summed E-state index contributed by atoms with van der Waals surface area (Å²) in [6, 6.07) is 4.65. The standard InChI is InChI=1S/C12H18N2O2/c1-9(14-7-3-6-13-2)10-4-5-11(15)12(16)8-10/h4-5,8,13-16H,1,3,6-7H2,2H3. The van der Waals surface area contributed by atoms with Crippen LogP contribution in [-0.4, -0.2) is 30.4 Å². The molecule has 0 aliphatic heterocycles. The van der Waals surface area contributed by atoms with Gasteiger partial charge in [-0.15, -0.1) is 0 Å². The Hall–Kier alpha value is -1.68. The van der Waals surface area contributed by atoms with Crippen LogP contribution in [0.3, 0.4) is 0 Å². The van der Waals surface area contributed by atoms with E-state index in [4.69, 9.17) is 5.11 Å². The first-order valence-corrected chi connectivity index (χ1v) is 5.25. The van der Waals surface area contributed by atoms with E-state index in [0.29, 0.717) is 0 Å². The molecule has 0 radical (unpaired) electrons. The molecule has 1 aromatic rings. The fourth-order valence-corrected chi connectivity index (χ4v) is 1.32. The van der Waals surface area contributed by atoms with Crippen LogP contribution in [0.5, 0.6) is 11.5 Å². The van der Waals surface area contributed by atoms with Gasteiger partial charge in [-0.1, -0.05) is 6.58 Å². The Morgan fingerprint density at radius 1 is 1.25 bits per heavy atom. The lowest BCUT2D eigenvalue weighted by atomic mass is 10.1. The smallest absolute Gasteiger partial charge is 0.158 e. The number of benzene rings is 1. The lowest BCUT2D eigenvalue weighted by Gasteiger charge is -2.10. The lowest BCUT2D eigenvalue weighted by molar-refractivity contribution is 0.403. The summed E-state index contributed by atoms with van der Waals surface area (Å²) in [4.78, 5) is 0. The molecule has 0 saturated heterocycles. The van der Waals surface area contributed by atoms with Crippen LogP contribution in [-0.2, 0) is 0 Å². The summed E-state index contributed by atoms with van der Waals surface area (Å²) in [5.74, 6) is -0.248. The summed E-state index contributed by atoms with van der Waals surface area (Å²) in [6.07, 6.45) is 1.000. The molecular formula is C12H18N2O2. The summed E-state index contributed by atoms with van der Waals surface area (Å²) < 4.78 is 0. The van der Waals surface area contributed by atoms with E-state index >= 15 is 0 Å². The maximum Gasteiger partial charge on any atom is 0.158 e. The summed E-state index contributed by atoms with van der Waals surface area (Å²) in [6.45, 7) is 5.64. The largest absolute Gasteiger partial charge is 0.504 e. The fourth-order valence-electron chi connectivity index (χ4n) is 1.32. The first kappa shape index (κ1) is 12.4. The second-order valence-electron chi connectivity index (χ2n) is 3.57. The molecule has 0 bridgehead atoms. The van der Waals surface area contributed by atoms with Gasteiger partial charge >= 0.3 is 0 Å². The Morgan fingerprint density at radius 3 is 2.62 bits per heavy atom. The second kappa shape index (κ2) is 6.02. The van der Waals surface area contributed by atoms with Crippen molar-refractivity contribution in [3.8, 4) is 11.5 Å². The molecular weight excluding hydrogens is 204 g/mol. The molecule has 0 spiro atoms. The zero-order valence-electron chi connectivity index (χ0n) is 9.45. The maximum absolute atomic E-state index is 9.33. The highest BCUT2D eigenvalue weighted by Gasteiger charge is 2.03. The Labute approximate surface area is 95.6 Å². The van der Waals surface area contributed by atoms with Crippen molar-refractivity contribution in [1.82, 2.24) is 10.6 Å². The first-order chi connectivity index (χ1) is 7.65. The van der Waals surface area contributed by atoms with Gasteiger partial charge in [0.25, 0.3) is 0 Å². The van der Waals surface area contributed by atoms with Crippen molar-refractivity contribution >= 4 is 5.70 Å². The molecule has 4 nitrogen and oxygen atoms in total. The van der Waals surface area contributed by atoms with Crippen LogP contribution >= 0.6 is 0 Å². The van der Waals surface area contributed by atoms with Crippen molar-refractivity contribution in [2.75, 3.05) is 20.1 Å². The fraction of sp³-hybridized carbons (Fsp3) is 0.333. The number of nitrogens with one attached hydrogen (secondary N) is 2. The van der Waals surface area contributed by atoms with Gasteiger partial charge in [-0.2, -0.15) is 0 Å². The molecule has 0 saturated carbocycles. The van der Waals surface area contributed by atoms with Gasteiger partial charge in [-0.3, -0.25) is 0 Å². The summed E-state index contributed by atoms with van der Waals surface area (Å²) in [7, 11) is 1.91. The van der Waals surface area contributed by atoms with E-state index in [-0.39, 0.29) is 11.5 Å². The number of aromatic hydroxyl groups is 2. The Morgan fingerprint density at radius 2 is 2.00 bits per heavy atom. The third kappa shape index (κ3) is 3.47. The van der Waals surface area contributed by atoms with E-state index in [1.165, 1.54) is 12.1 Å². The van der Waals surface area contributed by atoms with Crippen molar-refractivity contribution in [2.24, 2.45) is 0 Å². The van der Waals surface area contributed by atoms with Crippen LogP contribution in [0.4, 0.5) is 0 Å². The van der Waals surface area contributed by atoms with Crippen molar-refractivity contribution in [3.63, 3.8) is 0 Å². The van der Waals surface area contributed by atoms with Crippen LogP contribution in [0, 0.1) is 0 Å². The molecule has 1 aromatic carbocycles. The zero-order chi connectivity index (χ0) is 12.0. The van der Waals surface area contributed by atoms with Gasteiger partial charge in [0, 0.05) is 17.8 Å². The molecule has 0 atom stereocenters. The highest BCUT2D eigenvalue weighted by molar-refractivity contribution is 5.64. The van der Waals surface area contributed by atoms with E-state index < -0.39 is 0 Å². The van der Waals surface area contributed by atoms with Gasteiger partial charge in [0.05, 0.1) is 0 Å². The lowest BCUT2D eigenvalue weighted by Crippen LogP contribution is -2.18. The minimum Gasteiger partial charge on any atom is -0.504 e. The van der Waals surface area contributed by atoms with Gasteiger partial charge in [0.2, 0.25) is 0 Å². The minimum absolute atomic E-state index is 0.119. The van der Waals surface area contributed by atoms with E-state index in [0.717, 1.165) is 30.8 Å². The molecule has 4 heteroatoms. The monoisotopic (exact) mass is 222 g/mol. The molecule has 0 fully saturated rings. The average Bonchev–Trinajstić information content (AvgIpc) is 2.28.